The van der Waals surface area contributed by atoms with Crippen LogP contribution in [0.4, 0.5) is 0 Å². The summed E-state index contributed by atoms with van der Waals surface area (Å²) in [5.74, 6) is 0.520. The zero-order chi connectivity index (χ0) is 14.5. The van der Waals surface area contributed by atoms with Crippen LogP contribution in [0.3, 0.4) is 0 Å². The smallest absolute Gasteiger partial charge is 0.374 e. The van der Waals surface area contributed by atoms with Crippen LogP contribution in [0.5, 0.6) is 0 Å². The van der Waals surface area contributed by atoms with Crippen LogP contribution in [-0.2, 0) is 15.9 Å². The Hall–Kier alpha value is -1.40. The lowest BCUT2D eigenvalue weighted by molar-refractivity contribution is 0.0488. The van der Waals surface area contributed by atoms with Crippen molar-refractivity contribution in [1.29, 1.82) is 0 Å². The third kappa shape index (κ3) is 3.58. The fraction of sp³-hybridized carbons (Fsp3) is 0.571. The van der Waals surface area contributed by atoms with Crippen LogP contribution in [-0.4, -0.2) is 48.8 Å². The van der Waals surface area contributed by atoms with Gasteiger partial charge in [0.1, 0.15) is 5.76 Å². The number of thiocarbonyl (C=S) groups is 1. The fourth-order valence-electron chi connectivity index (χ4n) is 2.09. The molecule has 1 aliphatic rings. The number of furan rings is 1. The fourth-order valence-corrected chi connectivity index (χ4v) is 2.42. The number of carbonyl (C=O) groups excluding carboxylic acids is 1. The zero-order valence-electron chi connectivity index (χ0n) is 11.8. The van der Waals surface area contributed by atoms with Gasteiger partial charge in [0.25, 0.3) is 0 Å². The van der Waals surface area contributed by atoms with Crippen molar-refractivity contribution in [3.05, 3.63) is 23.2 Å². The number of hydrogen-bond donors (Lipinski definition) is 0. The van der Waals surface area contributed by atoms with E-state index in [2.05, 4.69) is 4.90 Å². The van der Waals surface area contributed by atoms with E-state index in [-0.39, 0.29) is 5.76 Å². The molecule has 0 aliphatic carbocycles. The zero-order valence-corrected chi connectivity index (χ0v) is 12.6. The molecule has 0 bridgehead atoms. The molecule has 0 radical (unpaired) electrons. The Morgan fingerprint density at radius 3 is 2.80 bits per heavy atom. The number of ether oxygens (including phenoxy) is 2. The molecule has 20 heavy (non-hydrogen) atoms. The molecule has 0 atom stereocenters. The molecule has 0 amide bonds. The van der Waals surface area contributed by atoms with Crippen molar-refractivity contribution in [2.45, 2.75) is 20.3 Å². The Labute approximate surface area is 123 Å². The summed E-state index contributed by atoms with van der Waals surface area (Å²) >= 11 is 5.45. The van der Waals surface area contributed by atoms with Crippen LogP contribution in [0.25, 0.3) is 0 Å². The van der Waals surface area contributed by atoms with Crippen molar-refractivity contribution in [2.24, 2.45) is 0 Å². The molecule has 1 aromatic rings. The number of rotatable bonds is 4. The molecular weight excluding hydrogens is 278 g/mol. The van der Waals surface area contributed by atoms with Gasteiger partial charge in [-0.1, -0.05) is 12.2 Å². The molecule has 5 nitrogen and oxygen atoms in total. The molecule has 0 saturated carbocycles. The monoisotopic (exact) mass is 297 g/mol. The van der Waals surface area contributed by atoms with E-state index in [1.54, 1.807) is 13.0 Å². The van der Waals surface area contributed by atoms with Crippen LogP contribution in [0.15, 0.2) is 10.5 Å². The van der Waals surface area contributed by atoms with Crippen LogP contribution in [0, 0.1) is 6.92 Å². The Kier molecular flexibility index (Phi) is 5.14. The first-order valence-electron chi connectivity index (χ1n) is 6.73. The molecule has 110 valence electrons. The summed E-state index contributed by atoms with van der Waals surface area (Å²) in [6, 6.07) is 1.72. The van der Waals surface area contributed by atoms with Gasteiger partial charge in [-0.2, -0.15) is 0 Å². The number of esters is 1. The van der Waals surface area contributed by atoms with Crippen molar-refractivity contribution < 1.29 is 18.7 Å². The first-order chi connectivity index (χ1) is 9.61. The summed E-state index contributed by atoms with van der Waals surface area (Å²) in [5, 5.41) is 0. The summed E-state index contributed by atoms with van der Waals surface area (Å²) in [5.41, 5.74) is 0.935. The highest BCUT2D eigenvalue weighted by molar-refractivity contribution is 7.80. The molecule has 2 heterocycles. The second-order valence-electron chi connectivity index (χ2n) is 4.58. The van der Waals surface area contributed by atoms with E-state index >= 15 is 0 Å². The maximum absolute atomic E-state index is 11.6. The topological polar surface area (TPSA) is 51.9 Å². The lowest BCUT2D eigenvalue weighted by atomic mass is 10.1. The van der Waals surface area contributed by atoms with Crippen LogP contribution < -0.4 is 0 Å². The van der Waals surface area contributed by atoms with Gasteiger partial charge in [0.2, 0.25) is 5.76 Å². The largest absolute Gasteiger partial charge is 0.460 e. The van der Waals surface area contributed by atoms with E-state index in [1.165, 1.54) is 0 Å². The van der Waals surface area contributed by atoms with Crippen molar-refractivity contribution >= 4 is 23.2 Å². The van der Waals surface area contributed by atoms with Gasteiger partial charge in [0.15, 0.2) is 0 Å². The van der Waals surface area contributed by atoms with Gasteiger partial charge in [0, 0.05) is 25.1 Å². The maximum Gasteiger partial charge on any atom is 0.374 e. The van der Waals surface area contributed by atoms with Crippen molar-refractivity contribution in [1.82, 2.24) is 4.90 Å². The number of morpholine rings is 1. The number of nitrogens with zero attached hydrogens (tertiary/aromatic N) is 1. The predicted molar refractivity (Wildman–Crippen MR) is 78.1 cm³/mol. The van der Waals surface area contributed by atoms with Gasteiger partial charge in [-0.3, -0.25) is 0 Å². The summed E-state index contributed by atoms with van der Waals surface area (Å²) in [6.07, 6.45) is 0.601. The number of carbonyl (C=O) groups is 1. The predicted octanol–water partition coefficient (Wildman–Crippen LogP) is 1.97. The molecule has 1 saturated heterocycles. The van der Waals surface area contributed by atoms with Gasteiger partial charge in [-0.25, -0.2) is 4.79 Å². The van der Waals surface area contributed by atoms with E-state index < -0.39 is 5.97 Å². The highest BCUT2D eigenvalue weighted by atomic mass is 32.1. The molecule has 0 aromatic carbocycles. The molecular formula is C14H19NO4S. The van der Waals surface area contributed by atoms with Gasteiger partial charge in [-0.15, -0.1) is 0 Å². The van der Waals surface area contributed by atoms with Crippen LogP contribution in [0.2, 0.25) is 0 Å². The van der Waals surface area contributed by atoms with Crippen LogP contribution >= 0.6 is 12.2 Å². The van der Waals surface area contributed by atoms with Crippen LogP contribution in [0.1, 0.15) is 28.8 Å². The summed E-state index contributed by atoms with van der Waals surface area (Å²) in [4.78, 5) is 14.6. The minimum absolute atomic E-state index is 0.240. The maximum atomic E-state index is 11.6. The third-order valence-electron chi connectivity index (χ3n) is 3.20. The lowest BCUT2D eigenvalue weighted by Gasteiger charge is -2.29. The molecule has 0 N–H and O–H groups in total. The molecule has 1 fully saturated rings. The van der Waals surface area contributed by atoms with Gasteiger partial charge in [0.05, 0.1) is 24.8 Å². The Morgan fingerprint density at radius 2 is 2.15 bits per heavy atom. The highest BCUT2D eigenvalue weighted by Gasteiger charge is 2.19. The number of aryl methyl sites for hydroxylation is 1. The molecule has 0 spiro atoms. The van der Waals surface area contributed by atoms with E-state index in [0.717, 1.165) is 23.6 Å². The second kappa shape index (κ2) is 6.85. The minimum Gasteiger partial charge on any atom is -0.460 e. The van der Waals surface area contributed by atoms with Crippen molar-refractivity contribution in [3.8, 4) is 0 Å². The van der Waals surface area contributed by atoms with E-state index in [9.17, 15) is 4.79 Å². The normalized spacial score (nSPS) is 15.2. The minimum atomic E-state index is -0.431. The van der Waals surface area contributed by atoms with Crippen molar-refractivity contribution in [2.75, 3.05) is 32.9 Å². The average Bonchev–Trinajstić information content (AvgIpc) is 2.81. The standard InChI is InChI=1S/C14H19NO4S/c1-3-18-14(16)12-8-11(10(2)19-12)9-13(20)15-4-6-17-7-5-15/h8H,3-7,9H2,1-2H3. The van der Waals surface area contributed by atoms with E-state index in [4.69, 9.17) is 26.1 Å². The van der Waals surface area contributed by atoms with E-state index in [0.29, 0.717) is 32.0 Å². The van der Waals surface area contributed by atoms with Gasteiger partial charge >= 0.3 is 5.97 Å². The first kappa shape index (κ1) is 15.0. The third-order valence-corrected chi connectivity index (χ3v) is 3.61. The summed E-state index contributed by atoms with van der Waals surface area (Å²) in [7, 11) is 0. The van der Waals surface area contributed by atoms with Crippen molar-refractivity contribution in [3.63, 3.8) is 0 Å². The summed E-state index contributed by atoms with van der Waals surface area (Å²) < 4.78 is 15.7. The molecule has 2 rings (SSSR count). The summed E-state index contributed by atoms with van der Waals surface area (Å²) in [6.45, 7) is 6.99. The number of hydrogen-bond acceptors (Lipinski definition) is 5. The van der Waals surface area contributed by atoms with Gasteiger partial charge < -0.3 is 18.8 Å². The highest BCUT2D eigenvalue weighted by Crippen LogP contribution is 2.18. The van der Waals surface area contributed by atoms with Gasteiger partial charge in [-0.05, 0) is 19.9 Å². The second-order valence-corrected chi connectivity index (χ2v) is 5.05. The first-order valence-corrected chi connectivity index (χ1v) is 7.14. The molecule has 6 heteroatoms. The van der Waals surface area contributed by atoms with E-state index in [1.807, 2.05) is 6.92 Å². The Morgan fingerprint density at radius 1 is 1.45 bits per heavy atom. The SMILES string of the molecule is CCOC(=O)c1cc(CC(=S)N2CCOCC2)c(C)o1. The quantitative estimate of drug-likeness (QED) is 0.625. The average molecular weight is 297 g/mol. The Balaban J connectivity index is 2.01. The molecule has 0 unspecified atom stereocenters. The molecule has 1 aromatic heterocycles. The molecule has 1 aliphatic heterocycles. The Bertz CT molecular complexity index is 491. The lowest BCUT2D eigenvalue weighted by Crippen LogP contribution is -2.40.